The predicted molar refractivity (Wildman–Crippen MR) is 139 cm³/mol. The standard InChI is InChI=1S/C27H58NO3P/c1-5-7-9-11-13-15-16-18-20-22-26-31-32(29,30)27-23-25-28(3,4)24-21-19-17-14-12-10-8-6-2/h5-27H2,1-4H3. The van der Waals surface area contributed by atoms with Gasteiger partial charge in [-0.05, 0) is 19.3 Å². The van der Waals surface area contributed by atoms with Gasteiger partial charge >= 0.3 is 0 Å². The van der Waals surface area contributed by atoms with E-state index in [1.54, 1.807) is 0 Å². The van der Waals surface area contributed by atoms with E-state index >= 15 is 0 Å². The Hall–Kier alpha value is 0.110. The number of quaternary nitrogens is 1. The lowest BCUT2D eigenvalue weighted by atomic mass is 10.1. The van der Waals surface area contributed by atoms with Crippen molar-refractivity contribution in [2.45, 2.75) is 136 Å². The number of nitrogens with zero attached hydrogens (tertiary/aromatic N) is 1. The van der Waals surface area contributed by atoms with Gasteiger partial charge in [-0.15, -0.1) is 0 Å². The molecule has 0 aromatic rings. The lowest BCUT2D eigenvalue weighted by Gasteiger charge is -2.31. The summed E-state index contributed by atoms with van der Waals surface area (Å²) in [5.41, 5.74) is 0. The van der Waals surface area contributed by atoms with Crippen molar-refractivity contribution in [2.24, 2.45) is 0 Å². The molecule has 0 aromatic heterocycles. The lowest BCUT2D eigenvalue weighted by Crippen LogP contribution is -2.41. The summed E-state index contributed by atoms with van der Waals surface area (Å²) in [5.74, 6) is 0. The van der Waals surface area contributed by atoms with Gasteiger partial charge in [0.25, 0.3) is 0 Å². The van der Waals surface area contributed by atoms with E-state index in [2.05, 4.69) is 27.9 Å². The summed E-state index contributed by atoms with van der Waals surface area (Å²) in [6, 6.07) is 0. The minimum atomic E-state index is -3.67. The van der Waals surface area contributed by atoms with Gasteiger partial charge in [0.15, 0.2) is 0 Å². The van der Waals surface area contributed by atoms with E-state index in [9.17, 15) is 9.46 Å². The van der Waals surface area contributed by atoms with Gasteiger partial charge in [-0.25, -0.2) is 0 Å². The molecule has 0 saturated heterocycles. The van der Waals surface area contributed by atoms with Crippen LogP contribution in [0.15, 0.2) is 0 Å². The average Bonchev–Trinajstić information content (AvgIpc) is 2.73. The Balaban J connectivity index is 3.61. The molecular formula is C27H58NO3P. The zero-order valence-corrected chi connectivity index (χ0v) is 23.3. The molecule has 0 fully saturated rings. The van der Waals surface area contributed by atoms with E-state index in [0.29, 0.717) is 13.0 Å². The number of unbranched alkanes of at least 4 members (excludes halogenated alkanes) is 16. The molecule has 0 bridgehead atoms. The van der Waals surface area contributed by atoms with Crippen LogP contribution in [-0.2, 0) is 9.09 Å². The summed E-state index contributed by atoms with van der Waals surface area (Å²) in [6.07, 6.45) is 24.1. The van der Waals surface area contributed by atoms with Gasteiger partial charge in [-0.1, -0.05) is 110 Å². The van der Waals surface area contributed by atoms with Crippen LogP contribution < -0.4 is 4.89 Å². The van der Waals surface area contributed by atoms with Crippen LogP contribution >= 0.6 is 7.60 Å². The van der Waals surface area contributed by atoms with Gasteiger partial charge in [-0.2, -0.15) is 0 Å². The van der Waals surface area contributed by atoms with Crippen LogP contribution in [0.3, 0.4) is 0 Å². The van der Waals surface area contributed by atoms with Crippen molar-refractivity contribution in [1.82, 2.24) is 0 Å². The van der Waals surface area contributed by atoms with Gasteiger partial charge in [0.2, 0.25) is 0 Å². The molecule has 0 saturated carbocycles. The van der Waals surface area contributed by atoms with Gasteiger partial charge in [0, 0.05) is 12.6 Å². The van der Waals surface area contributed by atoms with Crippen LogP contribution in [0.25, 0.3) is 0 Å². The normalized spacial score (nSPS) is 14.0. The molecule has 0 aliphatic carbocycles. The monoisotopic (exact) mass is 475 g/mol. The first-order valence-electron chi connectivity index (χ1n) is 14.1. The van der Waals surface area contributed by atoms with Crippen molar-refractivity contribution in [3.8, 4) is 0 Å². The number of hydrogen-bond donors (Lipinski definition) is 0. The molecule has 0 N–H and O–H groups in total. The molecule has 0 heterocycles. The second kappa shape index (κ2) is 21.6. The maximum absolute atomic E-state index is 12.2. The molecule has 0 amide bonds. The first kappa shape index (κ1) is 32.1. The molecule has 5 heteroatoms. The maximum atomic E-state index is 12.2. The Morgan fingerprint density at radius 2 is 0.969 bits per heavy atom. The maximum Gasteiger partial charge on any atom is 0.135 e. The van der Waals surface area contributed by atoms with Crippen LogP contribution in [0.4, 0.5) is 0 Å². The van der Waals surface area contributed by atoms with Crippen molar-refractivity contribution in [3.63, 3.8) is 0 Å². The van der Waals surface area contributed by atoms with E-state index in [-0.39, 0.29) is 6.16 Å². The van der Waals surface area contributed by atoms with Crippen LogP contribution in [0.5, 0.6) is 0 Å². The van der Waals surface area contributed by atoms with E-state index in [0.717, 1.165) is 30.4 Å². The third-order valence-corrected chi connectivity index (χ3v) is 8.04. The smallest absolute Gasteiger partial charge is 0.135 e. The fourth-order valence-corrected chi connectivity index (χ4v) is 5.40. The zero-order chi connectivity index (χ0) is 24.0. The summed E-state index contributed by atoms with van der Waals surface area (Å²) in [7, 11) is 0.782. The highest BCUT2D eigenvalue weighted by Crippen LogP contribution is 2.37. The average molecular weight is 476 g/mol. The van der Waals surface area contributed by atoms with E-state index in [1.165, 1.54) is 103 Å². The molecule has 32 heavy (non-hydrogen) atoms. The third kappa shape index (κ3) is 23.3. The van der Waals surface area contributed by atoms with Crippen LogP contribution in [0, 0.1) is 0 Å². The van der Waals surface area contributed by atoms with E-state index < -0.39 is 7.60 Å². The Morgan fingerprint density at radius 1 is 0.594 bits per heavy atom. The topological polar surface area (TPSA) is 49.4 Å². The summed E-state index contributed by atoms with van der Waals surface area (Å²) >= 11 is 0. The fourth-order valence-electron chi connectivity index (χ4n) is 4.34. The molecule has 0 aliphatic heterocycles. The zero-order valence-electron chi connectivity index (χ0n) is 22.4. The minimum absolute atomic E-state index is 0.184. The third-order valence-electron chi connectivity index (χ3n) is 6.60. The Morgan fingerprint density at radius 3 is 1.44 bits per heavy atom. The van der Waals surface area contributed by atoms with E-state index in [1.807, 2.05) is 0 Å². The summed E-state index contributed by atoms with van der Waals surface area (Å²) in [5, 5.41) is 0. The number of hydrogen-bond acceptors (Lipinski definition) is 3. The molecule has 0 spiro atoms. The summed E-state index contributed by atoms with van der Waals surface area (Å²) < 4.78 is 18.4. The molecule has 0 aromatic carbocycles. The van der Waals surface area contributed by atoms with Crippen LogP contribution in [0.1, 0.15) is 136 Å². The molecule has 4 nitrogen and oxygen atoms in total. The fraction of sp³-hybridized carbons (Fsp3) is 1.00. The highest BCUT2D eigenvalue weighted by molar-refractivity contribution is 7.51. The van der Waals surface area contributed by atoms with Gasteiger partial charge < -0.3 is 18.5 Å². The van der Waals surface area contributed by atoms with Crippen LogP contribution in [0.2, 0.25) is 0 Å². The van der Waals surface area contributed by atoms with Crippen molar-refractivity contribution in [1.29, 1.82) is 0 Å². The molecule has 1 unspecified atom stereocenters. The second-order valence-corrected chi connectivity index (χ2v) is 12.5. The first-order chi connectivity index (χ1) is 15.3. The molecule has 0 rings (SSSR count). The predicted octanol–water partition coefficient (Wildman–Crippen LogP) is 8.08. The Kier molecular flexibility index (Phi) is 21.7. The van der Waals surface area contributed by atoms with Crippen molar-refractivity contribution in [2.75, 3.05) is 40.0 Å². The minimum Gasteiger partial charge on any atom is -0.778 e. The van der Waals surface area contributed by atoms with E-state index in [4.69, 9.17) is 4.52 Å². The largest absolute Gasteiger partial charge is 0.778 e. The first-order valence-corrected chi connectivity index (χ1v) is 15.8. The Bertz CT molecular complexity index is 443. The molecule has 194 valence electrons. The lowest BCUT2D eigenvalue weighted by molar-refractivity contribution is -0.890. The quantitative estimate of drug-likeness (QED) is 0.0761. The summed E-state index contributed by atoms with van der Waals surface area (Å²) in [6.45, 7) is 6.92. The van der Waals surface area contributed by atoms with Gasteiger partial charge in [0.1, 0.15) is 7.60 Å². The highest BCUT2D eigenvalue weighted by Gasteiger charge is 2.16. The van der Waals surface area contributed by atoms with Crippen molar-refractivity contribution < 1.29 is 18.5 Å². The van der Waals surface area contributed by atoms with Gasteiger partial charge in [0.05, 0.1) is 33.8 Å². The van der Waals surface area contributed by atoms with Crippen molar-refractivity contribution in [3.05, 3.63) is 0 Å². The van der Waals surface area contributed by atoms with Gasteiger partial charge in [-0.3, -0.25) is 0 Å². The number of rotatable bonds is 25. The second-order valence-electron chi connectivity index (χ2n) is 10.6. The highest BCUT2D eigenvalue weighted by atomic mass is 31.2. The molecule has 1 atom stereocenters. The van der Waals surface area contributed by atoms with Crippen molar-refractivity contribution >= 4 is 7.60 Å². The molecule has 0 aliphatic rings. The molecular weight excluding hydrogens is 417 g/mol. The van der Waals surface area contributed by atoms with Crippen LogP contribution in [-0.4, -0.2) is 44.4 Å². The molecule has 0 radical (unpaired) electrons. The SMILES string of the molecule is CCCCCCCCCCCCOP(=O)([O-])CCC[N+](C)(C)CCCCCCCCCC. The Labute approximate surface area is 202 Å². The summed E-state index contributed by atoms with van der Waals surface area (Å²) in [4.78, 5) is 12.2.